The summed E-state index contributed by atoms with van der Waals surface area (Å²) < 4.78 is 0. The summed E-state index contributed by atoms with van der Waals surface area (Å²) in [5.41, 5.74) is 4.11. The minimum absolute atomic E-state index is 0.176. The van der Waals surface area contributed by atoms with Crippen molar-refractivity contribution in [2.75, 3.05) is 31.1 Å². The van der Waals surface area contributed by atoms with Gasteiger partial charge in [0.05, 0.1) is 18.2 Å². The summed E-state index contributed by atoms with van der Waals surface area (Å²) in [4.78, 5) is 25.6. The Hall–Kier alpha value is -2.47. The molecule has 0 saturated carbocycles. The van der Waals surface area contributed by atoms with E-state index in [1.165, 1.54) is 5.56 Å². The van der Waals surface area contributed by atoms with Crippen molar-refractivity contribution < 1.29 is 9.90 Å². The molecule has 1 N–H and O–H groups in total. The molecule has 0 radical (unpaired) electrons. The number of aliphatic hydroxyl groups excluding tert-OH is 1. The topological polar surface area (TPSA) is 69.6 Å². The van der Waals surface area contributed by atoms with Crippen molar-refractivity contribution in [2.24, 2.45) is 0 Å². The standard InChI is InChI=1S/C21H26N4O2/c1-14-3-5-16(6-4-14)12-18(27)24-7-9-25(10-8-24)21-19-15(2)11-17(26)20(19)22-13-23-21/h3-6,13,15,17,26H,7-12H2,1-2H3/t15-,17?/m1/s1. The lowest BCUT2D eigenvalue weighted by molar-refractivity contribution is -0.130. The van der Waals surface area contributed by atoms with Crippen LogP contribution in [0.2, 0.25) is 0 Å². The molecule has 1 aliphatic carbocycles. The van der Waals surface area contributed by atoms with Gasteiger partial charge in [0.25, 0.3) is 0 Å². The number of rotatable bonds is 3. The molecule has 1 amide bonds. The van der Waals surface area contributed by atoms with E-state index in [0.29, 0.717) is 25.9 Å². The van der Waals surface area contributed by atoms with Gasteiger partial charge in [0, 0.05) is 31.7 Å². The van der Waals surface area contributed by atoms with Gasteiger partial charge >= 0.3 is 0 Å². The predicted octanol–water partition coefficient (Wildman–Crippen LogP) is 2.22. The Balaban J connectivity index is 1.41. The van der Waals surface area contributed by atoms with E-state index in [2.05, 4.69) is 28.7 Å². The van der Waals surface area contributed by atoms with E-state index in [1.807, 2.05) is 29.2 Å². The fourth-order valence-electron chi connectivity index (χ4n) is 4.11. The first kappa shape index (κ1) is 17.9. The second kappa shape index (κ2) is 7.27. The van der Waals surface area contributed by atoms with Crippen LogP contribution in [0.25, 0.3) is 0 Å². The van der Waals surface area contributed by atoms with Crippen molar-refractivity contribution in [1.29, 1.82) is 0 Å². The van der Waals surface area contributed by atoms with Crippen molar-refractivity contribution in [3.8, 4) is 0 Å². The summed E-state index contributed by atoms with van der Waals surface area (Å²) in [7, 11) is 0. The highest BCUT2D eigenvalue weighted by molar-refractivity contribution is 5.79. The monoisotopic (exact) mass is 366 g/mol. The van der Waals surface area contributed by atoms with E-state index in [-0.39, 0.29) is 11.8 Å². The van der Waals surface area contributed by atoms with Crippen LogP contribution >= 0.6 is 0 Å². The molecule has 142 valence electrons. The highest BCUT2D eigenvalue weighted by atomic mass is 16.3. The molecular formula is C21H26N4O2. The number of carbonyl (C=O) groups excluding carboxylic acids is 1. The number of hydrogen-bond donors (Lipinski definition) is 1. The molecule has 1 aromatic carbocycles. The molecule has 2 heterocycles. The predicted molar refractivity (Wildman–Crippen MR) is 104 cm³/mol. The molecule has 0 spiro atoms. The molecule has 27 heavy (non-hydrogen) atoms. The van der Waals surface area contributed by atoms with Crippen LogP contribution in [0, 0.1) is 6.92 Å². The molecule has 0 bridgehead atoms. The Kier molecular flexibility index (Phi) is 4.83. The molecule has 1 aromatic heterocycles. The van der Waals surface area contributed by atoms with Gasteiger partial charge in [0.2, 0.25) is 5.91 Å². The van der Waals surface area contributed by atoms with Crippen LogP contribution in [-0.4, -0.2) is 52.1 Å². The van der Waals surface area contributed by atoms with Crippen molar-refractivity contribution >= 4 is 11.7 Å². The van der Waals surface area contributed by atoms with Crippen LogP contribution in [0.1, 0.15) is 47.8 Å². The zero-order chi connectivity index (χ0) is 19.0. The van der Waals surface area contributed by atoms with Crippen LogP contribution in [-0.2, 0) is 11.2 Å². The van der Waals surface area contributed by atoms with Crippen molar-refractivity contribution in [3.05, 3.63) is 53.0 Å². The van der Waals surface area contributed by atoms with E-state index >= 15 is 0 Å². The summed E-state index contributed by atoms with van der Waals surface area (Å²) in [5.74, 6) is 1.36. The number of fused-ring (bicyclic) bond motifs is 1. The van der Waals surface area contributed by atoms with Gasteiger partial charge in [0.1, 0.15) is 12.1 Å². The van der Waals surface area contributed by atoms with E-state index in [0.717, 1.165) is 35.7 Å². The third-order valence-corrected chi connectivity index (χ3v) is 5.69. The van der Waals surface area contributed by atoms with E-state index in [4.69, 9.17) is 0 Å². The van der Waals surface area contributed by atoms with Crippen molar-refractivity contribution in [3.63, 3.8) is 0 Å². The normalized spacial score (nSPS) is 22.0. The zero-order valence-electron chi connectivity index (χ0n) is 15.9. The minimum Gasteiger partial charge on any atom is -0.387 e. The quantitative estimate of drug-likeness (QED) is 0.902. The first-order valence-corrected chi connectivity index (χ1v) is 9.64. The number of aliphatic hydroxyl groups is 1. The summed E-state index contributed by atoms with van der Waals surface area (Å²) in [6.45, 7) is 7.07. The number of piperazine rings is 1. The van der Waals surface area contributed by atoms with Gasteiger partial charge in [-0.25, -0.2) is 9.97 Å². The van der Waals surface area contributed by atoms with E-state index in [1.54, 1.807) is 6.33 Å². The highest BCUT2D eigenvalue weighted by Gasteiger charge is 2.33. The molecule has 2 atom stereocenters. The number of nitrogens with zero attached hydrogens (tertiary/aromatic N) is 4. The smallest absolute Gasteiger partial charge is 0.227 e. The van der Waals surface area contributed by atoms with Crippen molar-refractivity contribution in [1.82, 2.24) is 14.9 Å². The molecule has 6 heteroatoms. The van der Waals surface area contributed by atoms with Gasteiger partial charge in [-0.1, -0.05) is 36.8 Å². The molecule has 4 rings (SSSR count). The Morgan fingerprint density at radius 2 is 1.85 bits per heavy atom. The average molecular weight is 366 g/mol. The Bertz CT molecular complexity index is 829. The number of carbonyl (C=O) groups is 1. The number of benzene rings is 1. The van der Waals surface area contributed by atoms with Gasteiger partial charge in [0.15, 0.2) is 0 Å². The molecule has 6 nitrogen and oxygen atoms in total. The minimum atomic E-state index is -0.492. The fraction of sp³-hybridized carbons (Fsp3) is 0.476. The molecular weight excluding hydrogens is 340 g/mol. The number of amides is 1. The summed E-state index contributed by atoms with van der Waals surface area (Å²) in [6, 6.07) is 8.15. The average Bonchev–Trinajstić information content (AvgIpc) is 2.98. The molecule has 2 aromatic rings. The summed E-state index contributed by atoms with van der Waals surface area (Å²) in [5, 5.41) is 10.2. The number of aromatic nitrogens is 2. The maximum atomic E-state index is 12.6. The van der Waals surface area contributed by atoms with Crippen LogP contribution in [0.4, 0.5) is 5.82 Å². The lowest BCUT2D eigenvalue weighted by Crippen LogP contribution is -2.49. The Labute approximate surface area is 159 Å². The van der Waals surface area contributed by atoms with Gasteiger partial charge in [-0.2, -0.15) is 0 Å². The van der Waals surface area contributed by atoms with Gasteiger partial charge < -0.3 is 14.9 Å². The first-order valence-electron chi connectivity index (χ1n) is 9.64. The Morgan fingerprint density at radius 1 is 1.15 bits per heavy atom. The second-order valence-electron chi connectivity index (χ2n) is 7.68. The SMILES string of the molecule is Cc1ccc(CC(=O)N2CCN(c3ncnc4c3[C@H](C)CC4O)CC2)cc1. The molecule has 1 aliphatic heterocycles. The van der Waals surface area contributed by atoms with E-state index in [9.17, 15) is 9.90 Å². The summed E-state index contributed by atoms with van der Waals surface area (Å²) in [6.07, 6.45) is 2.21. The second-order valence-corrected chi connectivity index (χ2v) is 7.68. The third kappa shape index (κ3) is 3.54. The first-order chi connectivity index (χ1) is 13.0. The number of aryl methyl sites for hydroxylation is 1. The van der Waals surface area contributed by atoms with Crippen LogP contribution in [0.15, 0.2) is 30.6 Å². The number of hydrogen-bond acceptors (Lipinski definition) is 5. The lowest BCUT2D eigenvalue weighted by atomic mass is 10.0. The van der Waals surface area contributed by atoms with Crippen LogP contribution in [0.3, 0.4) is 0 Å². The summed E-state index contributed by atoms with van der Waals surface area (Å²) >= 11 is 0. The van der Waals surface area contributed by atoms with Gasteiger partial charge in [-0.3, -0.25) is 4.79 Å². The third-order valence-electron chi connectivity index (χ3n) is 5.69. The lowest BCUT2D eigenvalue weighted by Gasteiger charge is -2.36. The number of anilines is 1. The fourth-order valence-corrected chi connectivity index (χ4v) is 4.11. The van der Waals surface area contributed by atoms with Gasteiger partial charge in [-0.05, 0) is 24.8 Å². The zero-order valence-corrected chi connectivity index (χ0v) is 15.9. The van der Waals surface area contributed by atoms with Gasteiger partial charge in [-0.15, -0.1) is 0 Å². The maximum absolute atomic E-state index is 12.6. The maximum Gasteiger partial charge on any atom is 0.227 e. The van der Waals surface area contributed by atoms with Crippen LogP contribution in [0.5, 0.6) is 0 Å². The largest absolute Gasteiger partial charge is 0.387 e. The van der Waals surface area contributed by atoms with E-state index < -0.39 is 6.10 Å². The molecule has 1 fully saturated rings. The molecule has 2 aliphatic rings. The Morgan fingerprint density at radius 3 is 2.56 bits per heavy atom. The van der Waals surface area contributed by atoms with Crippen molar-refractivity contribution in [2.45, 2.75) is 38.7 Å². The highest BCUT2D eigenvalue weighted by Crippen LogP contribution is 2.42. The van der Waals surface area contributed by atoms with Crippen LogP contribution < -0.4 is 4.90 Å². The molecule has 1 unspecified atom stereocenters. The molecule has 1 saturated heterocycles.